The van der Waals surface area contributed by atoms with Gasteiger partial charge in [0.1, 0.15) is 0 Å². The van der Waals surface area contributed by atoms with Gasteiger partial charge in [-0.05, 0) is 61.4 Å². The molecule has 2 heteroatoms. The molecule has 0 aliphatic heterocycles. The summed E-state index contributed by atoms with van der Waals surface area (Å²) in [5.74, 6) is 0. The van der Waals surface area contributed by atoms with E-state index in [1.807, 2.05) is 11.3 Å². The number of hydrogen-bond donors (Lipinski definition) is 0. The van der Waals surface area contributed by atoms with Gasteiger partial charge in [0, 0.05) is 36.6 Å². The van der Waals surface area contributed by atoms with Gasteiger partial charge in [0.25, 0.3) is 0 Å². The Bertz CT molecular complexity index is 1690. The van der Waals surface area contributed by atoms with Crippen LogP contribution in [0.3, 0.4) is 0 Å². The van der Waals surface area contributed by atoms with Crippen LogP contribution in [0.1, 0.15) is 19.4 Å². The van der Waals surface area contributed by atoms with E-state index < -0.39 is 0 Å². The third kappa shape index (κ3) is 2.84. The molecule has 0 aliphatic rings. The summed E-state index contributed by atoms with van der Waals surface area (Å²) < 4.78 is 5.11. The summed E-state index contributed by atoms with van der Waals surface area (Å²) in [5, 5.41) is 5.28. The largest absolute Gasteiger partial charge is 0.309 e. The van der Waals surface area contributed by atoms with E-state index in [9.17, 15) is 0 Å². The SMILES string of the molecule is C/C=C\C(=C/C)c1cccc(-n2c3ccccc3c3cc4sc5ccccc5c4cc32)c1. The van der Waals surface area contributed by atoms with Gasteiger partial charge in [0.05, 0.1) is 11.0 Å². The average Bonchev–Trinajstić information content (AvgIpc) is 3.36. The van der Waals surface area contributed by atoms with Gasteiger partial charge < -0.3 is 4.57 Å². The van der Waals surface area contributed by atoms with Crippen LogP contribution in [-0.4, -0.2) is 4.57 Å². The number of rotatable bonds is 3. The Morgan fingerprint density at radius 1 is 0.688 bits per heavy atom. The van der Waals surface area contributed by atoms with Gasteiger partial charge in [-0.15, -0.1) is 11.3 Å². The van der Waals surface area contributed by atoms with Gasteiger partial charge in [-0.2, -0.15) is 0 Å². The Morgan fingerprint density at radius 3 is 2.34 bits per heavy atom. The van der Waals surface area contributed by atoms with Crippen molar-refractivity contribution in [3.8, 4) is 5.69 Å². The zero-order valence-electron chi connectivity index (χ0n) is 18.2. The number of thiophene rings is 1. The average molecular weight is 430 g/mol. The highest BCUT2D eigenvalue weighted by molar-refractivity contribution is 7.25. The first-order chi connectivity index (χ1) is 15.8. The number of allylic oxidation sites excluding steroid dienone is 4. The number of hydrogen-bond acceptors (Lipinski definition) is 1. The molecule has 6 rings (SSSR count). The molecule has 0 atom stereocenters. The second-order valence-corrected chi connectivity index (χ2v) is 9.19. The molecular formula is C30H23NS. The first kappa shape index (κ1) is 19.1. The Balaban J connectivity index is 1.71. The quantitative estimate of drug-likeness (QED) is 0.247. The predicted octanol–water partition coefficient (Wildman–Crippen LogP) is 9.13. The van der Waals surface area contributed by atoms with Gasteiger partial charge in [0.15, 0.2) is 0 Å². The topological polar surface area (TPSA) is 4.93 Å². The fourth-order valence-electron chi connectivity index (χ4n) is 4.83. The molecule has 0 saturated carbocycles. The van der Waals surface area contributed by atoms with E-state index >= 15 is 0 Å². The lowest BCUT2D eigenvalue weighted by Gasteiger charge is -2.11. The van der Waals surface area contributed by atoms with Crippen molar-refractivity contribution in [1.82, 2.24) is 4.57 Å². The van der Waals surface area contributed by atoms with Crippen molar-refractivity contribution < 1.29 is 0 Å². The van der Waals surface area contributed by atoms with E-state index in [1.165, 1.54) is 58.8 Å². The molecule has 2 heterocycles. The summed E-state index contributed by atoms with van der Waals surface area (Å²) in [5.41, 5.74) is 6.16. The lowest BCUT2D eigenvalue weighted by Crippen LogP contribution is -1.95. The van der Waals surface area contributed by atoms with Gasteiger partial charge in [-0.1, -0.05) is 66.8 Å². The molecule has 4 aromatic carbocycles. The van der Waals surface area contributed by atoms with Gasteiger partial charge >= 0.3 is 0 Å². The monoisotopic (exact) mass is 429 g/mol. The van der Waals surface area contributed by atoms with E-state index in [1.54, 1.807) is 0 Å². The van der Waals surface area contributed by atoms with Crippen molar-refractivity contribution in [3.63, 3.8) is 0 Å². The summed E-state index contributed by atoms with van der Waals surface area (Å²) in [7, 11) is 0. The summed E-state index contributed by atoms with van der Waals surface area (Å²) >= 11 is 1.88. The minimum Gasteiger partial charge on any atom is -0.309 e. The Kier molecular flexibility index (Phi) is 4.48. The molecule has 0 fully saturated rings. The van der Waals surface area contributed by atoms with Crippen molar-refractivity contribution in [1.29, 1.82) is 0 Å². The predicted molar refractivity (Wildman–Crippen MR) is 142 cm³/mol. The van der Waals surface area contributed by atoms with Crippen LogP contribution in [0.15, 0.2) is 103 Å². The van der Waals surface area contributed by atoms with Crippen LogP contribution in [0, 0.1) is 0 Å². The summed E-state index contributed by atoms with van der Waals surface area (Å²) in [6.07, 6.45) is 6.44. The van der Waals surface area contributed by atoms with Gasteiger partial charge in [-0.3, -0.25) is 0 Å². The zero-order chi connectivity index (χ0) is 21.7. The number of para-hydroxylation sites is 1. The van der Waals surface area contributed by atoms with Crippen molar-refractivity contribution >= 4 is 58.9 Å². The van der Waals surface area contributed by atoms with Crippen LogP contribution in [-0.2, 0) is 0 Å². The van der Waals surface area contributed by atoms with Gasteiger partial charge in [-0.25, -0.2) is 0 Å². The molecule has 0 spiro atoms. The van der Waals surface area contributed by atoms with E-state index in [0.717, 1.165) is 0 Å². The molecule has 0 amide bonds. The molecule has 0 N–H and O–H groups in total. The maximum atomic E-state index is 2.42. The summed E-state index contributed by atoms with van der Waals surface area (Å²) in [4.78, 5) is 0. The fourth-order valence-corrected chi connectivity index (χ4v) is 5.96. The second kappa shape index (κ2) is 7.51. The minimum atomic E-state index is 1.19. The molecule has 32 heavy (non-hydrogen) atoms. The van der Waals surface area contributed by atoms with Crippen molar-refractivity contribution in [2.75, 3.05) is 0 Å². The Morgan fingerprint density at radius 2 is 1.50 bits per heavy atom. The van der Waals surface area contributed by atoms with Crippen molar-refractivity contribution in [3.05, 3.63) is 109 Å². The maximum absolute atomic E-state index is 2.42. The van der Waals surface area contributed by atoms with Crippen molar-refractivity contribution in [2.45, 2.75) is 13.8 Å². The zero-order valence-corrected chi connectivity index (χ0v) is 19.0. The van der Waals surface area contributed by atoms with E-state index in [-0.39, 0.29) is 0 Å². The normalized spacial score (nSPS) is 12.8. The molecule has 2 aromatic heterocycles. The number of benzene rings is 4. The van der Waals surface area contributed by atoms with Gasteiger partial charge in [0.2, 0.25) is 0 Å². The van der Waals surface area contributed by atoms with E-state index in [0.29, 0.717) is 0 Å². The third-order valence-corrected chi connectivity index (χ3v) is 7.40. The van der Waals surface area contributed by atoms with Crippen LogP contribution in [0.2, 0.25) is 0 Å². The van der Waals surface area contributed by atoms with Crippen LogP contribution < -0.4 is 0 Å². The highest BCUT2D eigenvalue weighted by Gasteiger charge is 2.15. The second-order valence-electron chi connectivity index (χ2n) is 8.11. The molecule has 6 aromatic rings. The van der Waals surface area contributed by atoms with Crippen LogP contribution in [0.25, 0.3) is 53.2 Å². The van der Waals surface area contributed by atoms with Crippen LogP contribution >= 0.6 is 11.3 Å². The first-order valence-corrected chi connectivity index (χ1v) is 11.8. The summed E-state index contributed by atoms with van der Waals surface area (Å²) in [6, 6.07) is 31.1. The Hall–Kier alpha value is -3.62. The fraction of sp³-hybridized carbons (Fsp3) is 0.0667. The maximum Gasteiger partial charge on any atom is 0.0548 e. The number of nitrogens with zero attached hydrogens (tertiary/aromatic N) is 1. The third-order valence-electron chi connectivity index (χ3n) is 6.27. The standard InChI is InChI=1S/C30H23NS/c1-3-10-20(4-2)21-11-9-12-22(17-21)31-27-15-7-5-13-23(27)25-19-30-26(18-28(25)31)24-14-6-8-16-29(24)32-30/h3-19H,1-2H3/b10-3-,20-4+. The molecule has 1 nitrogen and oxygen atoms in total. The van der Waals surface area contributed by atoms with Crippen molar-refractivity contribution in [2.24, 2.45) is 0 Å². The lowest BCUT2D eigenvalue weighted by atomic mass is 10.0. The molecular weight excluding hydrogens is 406 g/mol. The molecule has 0 aliphatic carbocycles. The van der Waals surface area contributed by atoms with Crippen LogP contribution in [0.4, 0.5) is 0 Å². The molecule has 0 radical (unpaired) electrons. The lowest BCUT2D eigenvalue weighted by molar-refractivity contribution is 1.18. The smallest absolute Gasteiger partial charge is 0.0548 e. The molecule has 0 bridgehead atoms. The molecule has 154 valence electrons. The first-order valence-electron chi connectivity index (χ1n) is 11.0. The number of aromatic nitrogens is 1. The van der Waals surface area contributed by atoms with E-state index in [2.05, 4.69) is 122 Å². The highest BCUT2D eigenvalue weighted by Crippen LogP contribution is 2.40. The van der Waals surface area contributed by atoms with E-state index in [4.69, 9.17) is 0 Å². The minimum absolute atomic E-state index is 1.19. The number of fused-ring (bicyclic) bond motifs is 6. The molecule has 0 saturated heterocycles. The summed E-state index contributed by atoms with van der Waals surface area (Å²) in [6.45, 7) is 4.16. The molecule has 0 unspecified atom stereocenters. The highest BCUT2D eigenvalue weighted by atomic mass is 32.1. The Labute approximate surface area is 191 Å². The van der Waals surface area contributed by atoms with Crippen LogP contribution in [0.5, 0.6) is 0 Å².